The molecule has 2 aromatic carbocycles. The Morgan fingerprint density at radius 2 is 1.75 bits per heavy atom. The van der Waals surface area contributed by atoms with Gasteiger partial charge in [-0.1, -0.05) is 65.7 Å². The summed E-state index contributed by atoms with van der Waals surface area (Å²) in [6.45, 7) is 2.34. The Morgan fingerprint density at radius 3 is 2.49 bits per heavy atom. The highest BCUT2D eigenvalue weighted by Gasteiger charge is 2.24. The van der Waals surface area contributed by atoms with Crippen LogP contribution in [0.15, 0.2) is 77.9 Å². The van der Waals surface area contributed by atoms with Crippen molar-refractivity contribution >= 4 is 34.8 Å². The van der Waals surface area contributed by atoms with Gasteiger partial charge in [-0.2, -0.15) is 0 Å². The molecule has 51 heavy (non-hydrogen) atoms. The number of nitrogens with zero attached hydrogens (tertiary/aromatic N) is 3. The Labute approximate surface area is 305 Å². The molecule has 5 aromatic rings. The van der Waals surface area contributed by atoms with Crippen molar-refractivity contribution in [2.45, 2.75) is 50.5 Å². The molecule has 0 radical (unpaired) electrons. The second-order valence-electron chi connectivity index (χ2n) is 12.8. The number of aliphatic hydroxyl groups is 1. The van der Waals surface area contributed by atoms with E-state index in [1.54, 1.807) is 19.5 Å². The molecule has 4 N–H and O–H groups in total. The van der Waals surface area contributed by atoms with Gasteiger partial charge in [0.1, 0.15) is 5.65 Å². The smallest absolute Gasteiger partial charge is 0.262 e. The van der Waals surface area contributed by atoms with Crippen LogP contribution in [-0.2, 0) is 22.6 Å². The lowest BCUT2D eigenvalue weighted by Gasteiger charge is -2.28. The molecule has 0 spiro atoms. The molecule has 3 atom stereocenters. The van der Waals surface area contributed by atoms with Gasteiger partial charge in [0.2, 0.25) is 11.8 Å². The number of hydrogen-bond acceptors (Lipinski definition) is 9. The first-order valence-electron chi connectivity index (χ1n) is 16.9. The Kier molecular flexibility index (Phi) is 10.6. The maximum Gasteiger partial charge on any atom is 0.262 e. The predicted molar refractivity (Wildman–Crippen MR) is 197 cm³/mol. The van der Waals surface area contributed by atoms with Gasteiger partial charge in [0.15, 0.2) is 0 Å². The fourth-order valence-electron chi connectivity index (χ4n) is 6.65. The minimum absolute atomic E-state index is 0.0604. The third kappa shape index (κ3) is 7.50. The highest BCUT2D eigenvalue weighted by molar-refractivity contribution is 6.39. The average molecular weight is 730 g/mol. The molecule has 1 unspecified atom stereocenters. The van der Waals surface area contributed by atoms with E-state index in [4.69, 9.17) is 37.7 Å². The molecule has 3 aromatic heterocycles. The number of amides is 1. The van der Waals surface area contributed by atoms with Crippen LogP contribution in [0.1, 0.15) is 30.4 Å². The summed E-state index contributed by atoms with van der Waals surface area (Å²) in [4.78, 5) is 34.1. The van der Waals surface area contributed by atoms with Gasteiger partial charge < -0.3 is 30.5 Å². The van der Waals surface area contributed by atoms with E-state index < -0.39 is 6.10 Å². The van der Waals surface area contributed by atoms with E-state index in [2.05, 4.69) is 20.9 Å². The zero-order chi connectivity index (χ0) is 35.5. The van der Waals surface area contributed by atoms with Crippen molar-refractivity contribution in [2.75, 3.05) is 26.9 Å². The number of methoxy groups -OCH3 is 1. The lowest BCUT2D eigenvalue weighted by Crippen LogP contribution is -2.46. The van der Waals surface area contributed by atoms with Gasteiger partial charge in [0.05, 0.1) is 35.6 Å². The molecule has 5 heterocycles. The molecule has 2 aliphatic rings. The fourth-order valence-corrected chi connectivity index (χ4v) is 7.31. The summed E-state index contributed by atoms with van der Waals surface area (Å²) in [5.74, 6) is 0.528. The minimum Gasteiger partial charge on any atom is -0.481 e. The van der Waals surface area contributed by atoms with Gasteiger partial charge in [-0.25, -0.2) is 9.97 Å². The van der Waals surface area contributed by atoms with Gasteiger partial charge >= 0.3 is 0 Å². The largest absolute Gasteiger partial charge is 0.481 e. The van der Waals surface area contributed by atoms with Crippen molar-refractivity contribution in [3.05, 3.63) is 105 Å². The molecular formula is C38H38Cl2N6O5. The summed E-state index contributed by atoms with van der Waals surface area (Å²) in [5, 5.41) is 20.8. The van der Waals surface area contributed by atoms with E-state index in [9.17, 15) is 14.7 Å². The summed E-state index contributed by atoms with van der Waals surface area (Å²) in [6, 6.07) is 19.1. The van der Waals surface area contributed by atoms with E-state index >= 15 is 0 Å². The van der Waals surface area contributed by atoms with Crippen molar-refractivity contribution in [2.24, 2.45) is 0 Å². The topological polar surface area (TPSA) is 139 Å². The highest BCUT2D eigenvalue weighted by Crippen LogP contribution is 2.42. The molecule has 0 bridgehead atoms. The van der Waals surface area contributed by atoms with Crippen LogP contribution < -0.4 is 26.2 Å². The van der Waals surface area contributed by atoms with E-state index in [1.807, 2.05) is 60.7 Å². The maximum absolute atomic E-state index is 13.3. The van der Waals surface area contributed by atoms with Crippen LogP contribution in [0.4, 0.5) is 0 Å². The number of aromatic nitrogens is 3. The number of pyridine rings is 2. The number of hydrogen-bond donors (Lipinski definition) is 4. The molecular weight excluding hydrogens is 691 g/mol. The number of benzene rings is 2. The van der Waals surface area contributed by atoms with Gasteiger partial charge in [-0.05, 0) is 36.6 Å². The van der Waals surface area contributed by atoms with Crippen LogP contribution in [0.2, 0.25) is 10.0 Å². The number of rotatable bonds is 11. The van der Waals surface area contributed by atoms with Crippen molar-refractivity contribution in [1.29, 1.82) is 0 Å². The quantitative estimate of drug-likeness (QED) is 0.148. The number of carbonyl (C=O) groups is 1. The molecule has 0 saturated carbocycles. The summed E-state index contributed by atoms with van der Waals surface area (Å²) < 4.78 is 12.5. The van der Waals surface area contributed by atoms with Crippen LogP contribution in [0.5, 0.6) is 5.88 Å². The number of nitrogens with one attached hydrogen (secondary N) is 3. The lowest BCUT2D eigenvalue weighted by molar-refractivity contribution is -0.119. The normalized spacial score (nSPS) is 19.0. The lowest BCUT2D eigenvalue weighted by atomic mass is 9.97. The summed E-state index contributed by atoms with van der Waals surface area (Å²) in [6.07, 6.45) is 4.78. The molecule has 7 rings (SSSR count). The minimum atomic E-state index is -0.563. The van der Waals surface area contributed by atoms with Crippen LogP contribution in [0.3, 0.4) is 0 Å². The van der Waals surface area contributed by atoms with Gasteiger partial charge in [0, 0.05) is 90.5 Å². The Morgan fingerprint density at radius 1 is 0.980 bits per heavy atom. The molecule has 2 saturated heterocycles. The van der Waals surface area contributed by atoms with E-state index in [-0.39, 0.29) is 23.6 Å². The van der Waals surface area contributed by atoms with Crippen molar-refractivity contribution in [3.63, 3.8) is 0 Å². The summed E-state index contributed by atoms with van der Waals surface area (Å²) >= 11 is 14.2. The fraction of sp³-hybridized carbons (Fsp3) is 0.316. The second-order valence-corrected chi connectivity index (χ2v) is 13.5. The van der Waals surface area contributed by atoms with E-state index in [1.165, 1.54) is 4.40 Å². The monoisotopic (exact) mass is 728 g/mol. The first-order valence-corrected chi connectivity index (χ1v) is 17.7. The van der Waals surface area contributed by atoms with Gasteiger partial charge in [-0.15, -0.1) is 0 Å². The van der Waals surface area contributed by atoms with Crippen LogP contribution in [0.25, 0.3) is 39.2 Å². The molecule has 13 heteroatoms. The highest BCUT2D eigenvalue weighted by atomic mass is 35.5. The molecule has 264 valence electrons. The van der Waals surface area contributed by atoms with Crippen molar-refractivity contribution in [1.82, 2.24) is 30.3 Å². The van der Waals surface area contributed by atoms with Crippen LogP contribution >= 0.6 is 23.2 Å². The average Bonchev–Trinajstić information content (AvgIpc) is 3.57. The number of aliphatic hydroxyl groups excluding tert-OH is 1. The zero-order valence-corrected chi connectivity index (χ0v) is 29.5. The van der Waals surface area contributed by atoms with E-state index in [0.717, 1.165) is 46.2 Å². The number of ether oxygens (including phenoxy) is 2. The Bertz CT molecular complexity index is 2140. The molecule has 11 nitrogen and oxygen atoms in total. The van der Waals surface area contributed by atoms with Gasteiger partial charge in [0.25, 0.3) is 5.56 Å². The molecule has 2 fully saturated rings. The Hall–Kier alpha value is -4.36. The Balaban J connectivity index is 1.12. The van der Waals surface area contributed by atoms with E-state index in [0.29, 0.717) is 72.1 Å². The SMILES string of the molecule is COc1nc(-c2cccc(-c3cccc(-c4ccn5c(=O)c(CNCC6CCC(=O)N6)cnc5c4)c3Cl)c2Cl)ccc1CN[C@H]1CCOC[C@H]1O. The third-order valence-corrected chi connectivity index (χ3v) is 10.3. The molecule has 0 aliphatic carbocycles. The molecule has 2 aliphatic heterocycles. The predicted octanol–water partition coefficient (Wildman–Crippen LogP) is 5.01. The zero-order valence-electron chi connectivity index (χ0n) is 28.0. The maximum atomic E-state index is 13.3. The van der Waals surface area contributed by atoms with Gasteiger partial charge in [-0.3, -0.25) is 14.0 Å². The van der Waals surface area contributed by atoms with Crippen molar-refractivity contribution in [3.8, 4) is 39.4 Å². The third-order valence-electron chi connectivity index (χ3n) is 9.46. The molecule has 1 amide bonds. The number of carbonyl (C=O) groups excluding carboxylic acids is 1. The van der Waals surface area contributed by atoms with Crippen LogP contribution in [0, 0.1) is 0 Å². The second kappa shape index (κ2) is 15.5. The van der Waals surface area contributed by atoms with Crippen LogP contribution in [-0.4, -0.2) is 70.4 Å². The standard InChI is InChI=1S/C38H38Cl2N6O5/c1-50-37-23(18-42-31-13-15-51-21-32(31)47)8-10-30(45-37)29-7-3-6-28(36(29)40)27-5-2-4-26(35(27)39)22-12-14-46-33(16-22)43-19-24(38(46)49)17-41-20-25-9-11-34(48)44-25/h2-8,10,12,14,16,19,25,31-32,41-42,47H,9,11,13,15,17-18,20-21H2,1H3,(H,44,48)/t25?,31-,32+/m0/s1. The number of fused-ring (bicyclic) bond motifs is 1. The first kappa shape index (κ1) is 35.1. The summed E-state index contributed by atoms with van der Waals surface area (Å²) in [5.41, 5.74) is 6.15. The summed E-state index contributed by atoms with van der Waals surface area (Å²) in [7, 11) is 1.58. The van der Waals surface area contributed by atoms with Crippen molar-refractivity contribution < 1.29 is 19.4 Å². The first-order chi connectivity index (χ1) is 24.8. The number of halogens is 2.